The van der Waals surface area contributed by atoms with Crippen molar-refractivity contribution in [1.29, 1.82) is 0 Å². The summed E-state index contributed by atoms with van der Waals surface area (Å²) in [6, 6.07) is 0.873. The first kappa shape index (κ1) is 11.0. The van der Waals surface area contributed by atoms with E-state index in [1.54, 1.807) is 0 Å². The van der Waals surface area contributed by atoms with Gasteiger partial charge in [0.05, 0.1) is 0 Å². The molecule has 1 fully saturated rings. The number of hydrogen-bond donors (Lipinski definition) is 1. The van der Waals surface area contributed by atoms with Crippen molar-refractivity contribution in [2.75, 3.05) is 11.4 Å². The second kappa shape index (κ2) is 4.55. The molecule has 5 nitrogen and oxygen atoms in total. The smallest absolute Gasteiger partial charge is 0.357 e. The summed E-state index contributed by atoms with van der Waals surface area (Å²) in [6.07, 6.45) is 5.70. The van der Waals surface area contributed by atoms with Gasteiger partial charge in [-0.15, -0.1) is 0 Å². The van der Waals surface area contributed by atoms with Crippen molar-refractivity contribution < 1.29 is 14.3 Å². The molecule has 1 unspecified atom stereocenters. The maximum Gasteiger partial charge on any atom is 0.357 e. The van der Waals surface area contributed by atoms with Crippen LogP contribution in [0.25, 0.3) is 0 Å². The average molecular weight is 224 g/mol. The molecular formula is C11H16N2O3. The number of rotatable bonds is 3. The Bertz CT molecular complexity index is 375. The van der Waals surface area contributed by atoms with E-state index in [1.165, 1.54) is 12.7 Å². The minimum atomic E-state index is -1.04. The lowest BCUT2D eigenvalue weighted by Gasteiger charge is -2.33. The number of carbonyl (C=O) groups is 1. The molecule has 1 N–H and O–H groups in total. The van der Waals surface area contributed by atoms with Crippen LogP contribution in [0.1, 0.15) is 43.1 Å². The monoisotopic (exact) mass is 224 g/mol. The van der Waals surface area contributed by atoms with Gasteiger partial charge in [0.1, 0.15) is 6.26 Å². The van der Waals surface area contributed by atoms with E-state index >= 15 is 0 Å². The molecule has 0 spiro atoms. The predicted octanol–water partition coefficient (Wildman–Crippen LogP) is 2.14. The van der Waals surface area contributed by atoms with Crippen LogP contribution in [0, 0.1) is 0 Å². The number of oxazole rings is 1. The van der Waals surface area contributed by atoms with Gasteiger partial charge in [-0.25, -0.2) is 4.79 Å². The number of anilines is 1. The Labute approximate surface area is 94.1 Å². The summed E-state index contributed by atoms with van der Waals surface area (Å²) >= 11 is 0. The Morgan fingerprint density at radius 2 is 2.50 bits per heavy atom. The molecule has 1 aromatic rings. The highest BCUT2D eigenvalue weighted by atomic mass is 16.4. The zero-order chi connectivity index (χ0) is 11.5. The van der Waals surface area contributed by atoms with Crippen LogP contribution in [-0.2, 0) is 0 Å². The van der Waals surface area contributed by atoms with E-state index in [1.807, 2.05) is 0 Å². The summed E-state index contributed by atoms with van der Waals surface area (Å²) in [5, 5.41) is 8.78. The van der Waals surface area contributed by atoms with Crippen molar-refractivity contribution in [1.82, 2.24) is 4.98 Å². The molecule has 0 bridgehead atoms. The number of piperidine rings is 1. The third kappa shape index (κ3) is 2.03. The van der Waals surface area contributed by atoms with Gasteiger partial charge in [0.2, 0.25) is 0 Å². The summed E-state index contributed by atoms with van der Waals surface area (Å²) < 4.78 is 5.23. The van der Waals surface area contributed by atoms with E-state index in [4.69, 9.17) is 9.52 Å². The van der Waals surface area contributed by atoms with Crippen LogP contribution in [0.5, 0.6) is 0 Å². The number of aromatic carboxylic acids is 1. The van der Waals surface area contributed by atoms with Crippen LogP contribution in [0.2, 0.25) is 0 Å². The molecule has 1 aliphatic rings. The second-order valence-electron chi connectivity index (χ2n) is 4.07. The van der Waals surface area contributed by atoms with Gasteiger partial charge in [-0.2, -0.15) is 4.98 Å². The molecule has 0 amide bonds. The summed E-state index contributed by atoms with van der Waals surface area (Å²) in [5.74, 6) is -1.04. The molecule has 1 saturated heterocycles. The standard InChI is InChI=1S/C11H16N2O3/c1-2-8-5-3-4-6-13(8)11-12-9(7-16-11)10(14)15/h7-8H,2-6H2,1H3,(H,14,15). The molecule has 16 heavy (non-hydrogen) atoms. The third-order valence-electron chi connectivity index (χ3n) is 3.06. The molecule has 1 atom stereocenters. The molecule has 0 aliphatic carbocycles. The molecule has 2 heterocycles. The Morgan fingerprint density at radius 3 is 3.12 bits per heavy atom. The van der Waals surface area contributed by atoms with E-state index in [9.17, 15) is 4.79 Å². The minimum absolute atomic E-state index is 0.0181. The van der Waals surface area contributed by atoms with E-state index in [0.717, 1.165) is 25.8 Å². The normalized spacial score (nSPS) is 21.1. The summed E-state index contributed by atoms with van der Waals surface area (Å²) in [6.45, 7) is 3.03. The fraction of sp³-hybridized carbons (Fsp3) is 0.636. The van der Waals surface area contributed by atoms with Gasteiger partial charge in [0.15, 0.2) is 5.69 Å². The quantitative estimate of drug-likeness (QED) is 0.852. The minimum Gasteiger partial charge on any atom is -0.476 e. The van der Waals surface area contributed by atoms with E-state index < -0.39 is 5.97 Å². The fourth-order valence-corrected chi connectivity index (χ4v) is 2.17. The highest BCUT2D eigenvalue weighted by Crippen LogP contribution is 2.25. The largest absolute Gasteiger partial charge is 0.476 e. The van der Waals surface area contributed by atoms with Gasteiger partial charge < -0.3 is 14.4 Å². The van der Waals surface area contributed by atoms with Crippen molar-refractivity contribution in [3.05, 3.63) is 12.0 Å². The third-order valence-corrected chi connectivity index (χ3v) is 3.06. The zero-order valence-electron chi connectivity index (χ0n) is 9.35. The number of aromatic nitrogens is 1. The Balaban J connectivity index is 2.17. The van der Waals surface area contributed by atoms with Gasteiger partial charge in [0, 0.05) is 12.6 Å². The van der Waals surface area contributed by atoms with Crippen molar-refractivity contribution in [3.8, 4) is 0 Å². The zero-order valence-corrected chi connectivity index (χ0v) is 9.35. The lowest BCUT2D eigenvalue weighted by Crippen LogP contribution is -2.39. The lowest BCUT2D eigenvalue weighted by atomic mass is 10.0. The predicted molar refractivity (Wildman–Crippen MR) is 58.7 cm³/mol. The van der Waals surface area contributed by atoms with Gasteiger partial charge in [-0.1, -0.05) is 6.92 Å². The topological polar surface area (TPSA) is 66.6 Å². The first-order valence-electron chi connectivity index (χ1n) is 5.68. The van der Waals surface area contributed by atoms with Crippen LogP contribution in [0.4, 0.5) is 6.01 Å². The molecule has 1 aromatic heterocycles. The molecule has 1 aliphatic heterocycles. The molecule has 0 radical (unpaired) electrons. The van der Waals surface area contributed by atoms with Gasteiger partial charge in [-0.05, 0) is 25.7 Å². The van der Waals surface area contributed by atoms with Crippen LogP contribution in [0.3, 0.4) is 0 Å². The number of nitrogens with zero attached hydrogens (tertiary/aromatic N) is 2. The van der Waals surface area contributed by atoms with Crippen molar-refractivity contribution in [2.45, 2.75) is 38.6 Å². The van der Waals surface area contributed by atoms with E-state index in [2.05, 4.69) is 16.8 Å². The van der Waals surface area contributed by atoms with Gasteiger partial charge in [0.25, 0.3) is 6.01 Å². The molecular weight excluding hydrogens is 208 g/mol. The molecule has 0 saturated carbocycles. The highest BCUT2D eigenvalue weighted by molar-refractivity contribution is 5.85. The van der Waals surface area contributed by atoms with Crippen LogP contribution >= 0.6 is 0 Å². The number of carboxylic acids is 1. The van der Waals surface area contributed by atoms with Gasteiger partial charge in [-0.3, -0.25) is 0 Å². The lowest BCUT2D eigenvalue weighted by molar-refractivity contribution is 0.0690. The summed E-state index contributed by atoms with van der Waals surface area (Å²) in [5.41, 5.74) is -0.0181. The van der Waals surface area contributed by atoms with Crippen molar-refractivity contribution in [3.63, 3.8) is 0 Å². The van der Waals surface area contributed by atoms with Gasteiger partial charge >= 0.3 is 5.97 Å². The maximum absolute atomic E-state index is 10.7. The molecule has 5 heteroatoms. The molecule has 88 valence electrons. The number of carboxylic acid groups (broad SMARTS) is 1. The SMILES string of the molecule is CCC1CCCCN1c1nc(C(=O)O)co1. The highest BCUT2D eigenvalue weighted by Gasteiger charge is 2.25. The number of hydrogen-bond acceptors (Lipinski definition) is 4. The van der Waals surface area contributed by atoms with Crippen molar-refractivity contribution >= 4 is 12.0 Å². The summed E-state index contributed by atoms with van der Waals surface area (Å²) in [7, 11) is 0. The second-order valence-corrected chi connectivity index (χ2v) is 4.07. The fourth-order valence-electron chi connectivity index (χ4n) is 2.17. The van der Waals surface area contributed by atoms with Crippen LogP contribution in [0.15, 0.2) is 10.7 Å². The first-order valence-corrected chi connectivity index (χ1v) is 5.68. The summed E-state index contributed by atoms with van der Waals surface area (Å²) in [4.78, 5) is 16.8. The van der Waals surface area contributed by atoms with E-state index in [0.29, 0.717) is 12.1 Å². The van der Waals surface area contributed by atoms with Crippen molar-refractivity contribution in [2.24, 2.45) is 0 Å². The average Bonchev–Trinajstić information content (AvgIpc) is 2.78. The van der Waals surface area contributed by atoms with Crippen LogP contribution in [-0.4, -0.2) is 28.6 Å². The maximum atomic E-state index is 10.7. The Morgan fingerprint density at radius 1 is 1.69 bits per heavy atom. The van der Waals surface area contributed by atoms with E-state index in [-0.39, 0.29) is 5.69 Å². The first-order chi connectivity index (χ1) is 7.72. The molecule has 2 rings (SSSR count). The Hall–Kier alpha value is -1.52. The van der Waals surface area contributed by atoms with Crippen LogP contribution < -0.4 is 4.90 Å². The molecule has 0 aromatic carbocycles. The Kier molecular flexibility index (Phi) is 3.12.